The molecule has 0 amide bonds. The van der Waals surface area contributed by atoms with Gasteiger partial charge in [0, 0.05) is 6.07 Å². The van der Waals surface area contributed by atoms with Crippen LogP contribution in [0.4, 0.5) is 0 Å². The molecule has 0 fully saturated rings. The van der Waals surface area contributed by atoms with Crippen LogP contribution in [0.25, 0.3) is 0 Å². The lowest BCUT2D eigenvalue weighted by molar-refractivity contribution is -0.143. The third kappa shape index (κ3) is 3.53. The molecule has 0 atom stereocenters. The Morgan fingerprint density at radius 2 is 2.27 bits per heavy atom. The van der Waals surface area contributed by atoms with Crippen molar-refractivity contribution < 1.29 is 9.53 Å². The molecular formula is C10H14N2O3. The monoisotopic (exact) mass is 210 g/mol. The Morgan fingerprint density at radius 3 is 2.93 bits per heavy atom. The standard InChI is InChI=1S/C10H14N2O3/c1-3-15-10(14)6-7-12-9(13)5-4-8(2)11-12/h4-5H,3,6-7H2,1-2H3. The molecule has 0 saturated heterocycles. The van der Waals surface area contributed by atoms with Crippen LogP contribution in [0.1, 0.15) is 19.0 Å². The highest BCUT2D eigenvalue weighted by Crippen LogP contribution is 1.91. The minimum absolute atomic E-state index is 0.171. The molecule has 0 aliphatic heterocycles. The van der Waals surface area contributed by atoms with Gasteiger partial charge in [-0.2, -0.15) is 5.10 Å². The van der Waals surface area contributed by atoms with Crippen LogP contribution in [0.5, 0.6) is 0 Å². The molecule has 5 heteroatoms. The molecule has 1 aromatic rings. The Bertz CT molecular complexity index is 398. The lowest BCUT2D eigenvalue weighted by Crippen LogP contribution is -2.24. The number of aryl methyl sites for hydroxylation is 2. The van der Waals surface area contributed by atoms with Gasteiger partial charge >= 0.3 is 5.97 Å². The minimum Gasteiger partial charge on any atom is -0.466 e. The van der Waals surface area contributed by atoms with Crippen LogP contribution in [0.15, 0.2) is 16.9 Å². The second-order valence-electron chi connectivity index (χ2n) is 3.09. The zero-order chi connectivity index (χ0) is 11.3. The van der Waals surface area contributed by atoms with Crippen LogP contribution < -0.4 is 5.56 Å². The number of nitrogens with zero attached hydrogens (tertiary/aromatic N) is 2. The molecule has 0 bridgehead atoms. The first-order chi connectivity index (χ1) is 7.13. The molecule has 0 radical (unpaired) electrons. The Balaban J connectivity index is 2.61. The largest absolute Gasteiger partial charge is 0.466 e. The van der Waals surface area contributed by atoms with E-state index in [4.69, 9.17) is 4.74 Å². The highest BCUT2D eigenvalue weighted by molar-refractivity contribution is 5.69. The predicted molar refractivity (Wildman–Crippen MR) is 54.5 cm³/mol. The van der Waals surface area contributed by atoms with Crippen molar-refractivity contribution in [2.24, 2.45) is 0 Å². The first-order valence-electron chi connectivity index (χ1n) is 4.84. The van der Waals surface area contributed by atoms with Crippen molar-refractivity contribution in [3.8, 4) is 0 Å². The summed E-state index contributed by atoms with van der Waals surface area (Å²) in [7, 11) is 0. The molecule has 0 aromatic carbocycles. The molecule has 1 heterocycles. The van der Waals surface area contributed by atoms with Crippen molar-refractivity contribution in [2.45, 2.75) is 26.8 Å². The third-order valence-corrected chi connectivity index (χ3v) is 1.83. The van der Waals surface area contributed by atoms with Gasteiger partial charge in [-0.15, -0.1) is 0 Å². The lowest BCUT2D eigenvalue weighted by Gasteiger charge is -2.04. The van der Waals surface area contributed by atoms with Crippen molar-refractivity contribution in [1.82, 2.24) is 9.78 Å². The highest BCUT2D eigenvalue weighted by atomic mass is 16.5. The van der Waals surface area contributed by atoms with Crippen LogP contribution in [-0.4, -0.2) is 22.4 Å². The van der Waals surface area contributed by atoms with Crippen LogP contribution in [-0.2, 0) is 16.1 Å². The van der Waals surface area contributed by atoms with Crippen molar-refractivity contribution >= 4 is 5.97 Å². The smallest absolute Gasteiger partial charge is 0.307 e. The van der Waals surface area contributed by atoms with E-state index in [9.17, 15) is 9.59 Å². The van der Waals surface area contributed by atoms with Gasteiger partial charge in [0.15, 0.2) is 0 Å². The predicted octanol–water partition coefficient (Wildman–Crippen LogP) is 0.505. The molecule has 0 saturated carbocycles. The second-order valence-corrected chi connectivity index (χ2v) is 3.09. The van der Waals surface area contributed by atoms with Gasteiger partial charge in [0.2, 0.25) is 0 Å². The van der Waals surface area contributed by atoms with E-state index in [-0.39, 0.29) is 24.5 Å². The molecule has 1 aromatic heterocycles. The van der Waals surface area contributed by atoms with Gasteiger partial charge in [-0.1, -0.05) is 0 Å². The molecule has 0 aliphatic carbocycles. The molecule has 0 spiro atoms. The van der Waals surface area contributed by atoms with E-state index in [0.29, 0.717) is 6.61 Å². The van der Waals surface area contributed by atoms with E-state index in [1.807, 2.05) is 0 Å². The van der Waals surface area contributed by atoms with E-state index >= 15 is 0 Å². The molecule has 5 nitrogen and oxygen atoms in total. The van der Waals surface area contributed by atoms with Gasteiger partial charge in [-0.3, -0.25) is 9.59 Å². The Labute approximate surface area is 87.7 Å². The van der Waals surface area contributed by atoms with Gasteiger partial charge in [-0.05, 0) is 19.9 Å². The summed E-state index contributed by atoms with van der Waals surface area (Å²) >= 11 is 0. The second kappa shape index (κ2) is 5.29. The molecule has 15 heavy (non-hydrogen) atoms. The summed E-state index contributed by atoms with van der Waals surface area (Å²) < 4.78 is 6.02. The summed E-state index contributed by atoms with van der Waals surface area (Å²) in [5.41, 5.74) is 0.545. The van der Waals surface area contributed by atoms with Crippen LogP contribution >= 0.6 is 0 Å². The Morgan fingerprint density at radius 1 is 1.53 bits per heavy atom. The first-order valence-corrected chi connectivity index (χ1v) is 4.84. The van der Waals surface area contributed by atoms with Gasteiger partial charge in [0.05, 0.1) is 25.3 Å². The SMILES string of the molecule is CCOC(=O)CCn1nc(C)ccc1=O. The average Bonchev–Trinajstić information content (AvgIpc) is 2.20. The zero-order valence-corrected chi connectivity index (χ0v) is 8.90. The average molecular weight is 210 g/mol. The zero-order valence-electron chi connectivity index (χ0n) is 8.90. The lowest BCUT2D eigenvalue weighted by atomic mass is 10.4. The summed E-state index contributed by atoms with van der Waals surface area (Å²) in [4.78, 5) is 22.3. The summed E-state index contributed by atoms with van der Waals surface area (Å²) in [5.74, 6) is -0.312. The van der Waals surface area contributed by atoms with Crippen LogP contribution in [0.2, 0.25) is 0 Å². The maximum atomic E-state index is 11.3. The van der Waals surface area contributed by atoms with E-state index in [2.05, 4.69) is 5.10 Å². The van der Waals surface area contributed by atoms with Crippen LogP contribution in [0, 0.1) is 6.92 Å². The number of aromatic nitrogens is 2. The van der Waals surface area contributed by atoms with Crippen LogP contribution in [0.3, 0.4) is 0 Å². The van der Waals surface area contributed by atoms with Gasteiger partial charge in [0.1, 0.15) is 0 Å². The molecule has 1 rings (SSSR count). The summed E-state index contributed by atoms with van der Waals surface area (Å²) in [6.07, 6.45) is 0.171. The molecular weight excluding hydrogens is 196 g/mol. The number of carbonyl (C=O) groups excluding carboxylic acids is 1. The van der Waals surface area contributed by atoms with E-state index in [1.165, 1.54) is 10.7 Å². The molecule has 0 aliphatic rings. The normalized spacial score (nSPS) is 10.0. The third-order valence-electron chi connectivity index (χ3n) is 1.83. The maximum absolute atomic E-state index is 11.3. The fourth-order valence-electron chi connectivity index (χ4n) is 1.14. The van der Waals surface area contributed by atoms with E-state index in [1.54, 1.807) is 19.9 Å². The fourth-order valence-corrected chi connectivity index (χ4v) is 1.14. The highest BCUT2D eigenvalue weighted by Gasteiger charge is 2.04. The number of carbonyl (C=O) groups is 1. The Hall–Kier alpha value is -1.65. The number of rotatable bonds is 4. The van der Waals surface area contributed by atoms with E-state index in [0.717, 1.165) is 5.69 Å². The first kappa shape index (κ1) is 11.4. The topological polar surface area (TPSA) is 61.2 Å². The van der Waals surface area contributed by atoms with Gasteiger partial charge in [0.25, 0.3) is 5.56 Å². The van der Waals surface area contributed by atoms with E-state index < -0.39 is 0 Å². The summed E-state index contributed by atoms with van der Waals surface area (Å²) in [6, 6.07) is 3.08. The summed E-state index contributed by atoms with van der Waals surface area (Å²) in [6.45, 7) is 4.16. The fraction of sp³-hybridized carbons (Fsp3) is 0.500. The number of hydrogen-bond donors (Lipinski definition) is 0. The van der Waals surface area contributed by atoms with Crippen molar-refractivity contribution in [3.63, 3.8) is 0 Å². The number of hydrogen-bond acceptors (Lipinski definition) is 4. The van der Waals surface area contributed by atoms with Gasteiger partial charge < -0.3 is 4.74 Å². The Kier molecular flexibility index (Phi) is 4.03. The van der Waals surface area contributed by atoms with Gasteiger partial charge in [-0.25, -0.2) is 4.68 Å². The van der Waals surface area contributed by atoms with Crippen molar-refractivity contribution in [2.75, 3.05) is 6.61 Å². The number of ether oxygens (including phenoxy) is 1. The maximum Gasteiger partial charge on any atom is 0.307 e. The molecule has 0 unspecified atom stereocenters. The minimum atomic E-state index is -0.312. The van der Waals surface area contributed by atoms with Crippen molar-refractivity contribution in [3.05, 3.63) is 28.2 Å². The van der Waals surface area contributed by atoms with Crippen molar-refractivity contribution in [1.29, 1.82) is 0 Å². The summed E-state index contributed by atoms with van der Waals surface area (Å²) in [5, 5.41) is 4.00. The quantitative estimate of drug-likeness (QED) is 0.679. The molecule has 0 N–H and O–H groups in total. The number of esters is 1. The molecule has 82 valence electrons.